The maximum absolute atomic E-state index is 5.90. The number of nitrogens with zero attached hydrogens (tertiary/aromatic N) is 2. The molecule has 1 atom stereocenters. The average Bonchev–Trinajstić information content (AvgIpc) is 2.47. The lowest BCUT2D eigenvalue weighted by Gasteiger charge is -2.23. The fraction of sp³-hybridized carbons (Fsp3) is 0.700. The van der Waals surface area contributed by atoms with Gasteiger partial charge in [0, 0.05) is 24.8 Å². The van der Waals surface area contributed by atoms with Crippen LogP contribution in [0.4, 0.5) is 5.95 Å². The molecule has 1 aromatic heterocycles. The summed E-state index contributed by atoms with van der Waals surface area (Å²) in [5.74, 6) is 1.64. The van der Waals surface area contributed by atoms with Crippen molar-refractivity contribution in [3.05, 3.63) is 11.9 Å². The monoisotopic (exact) mass is 194 g/mol. The lowest BCUT2D eigenvalue weighted by atomic mass is 10.1. The number of fused-ring (bicyclic) bond motifs is 1. The van der Waals surface area contributed by atoms with Gasteiger partial charge in [0.15, 0.2) is 0 Å². The van der Waals surface area contributed by atoms with E-state index in [0.29, 0.717) is 5.92 Å². The van der Waals surface area contributed by atoms with Gasteiger partial charge in [-0.1, -0.05) is 13.8 Å². The molecule has 2 heterocycles. The van der Waals surface area contributed by atoms with E-state index in [-0.39, 0.29) is 6.04 Å². The average molecular weight is 194 g/mol. The Labute approximate surface area is 84.5 Å². The Morgan fingerprint density at radius 1 is 1.71 bits per heavy atom. The summed E-state index contributed by atoms with van der Waals surface area (Å²) in [6.07, 6.45) is 3.03. The summed E-state index contributed by atoms with van der Waals surface area (Å²) in [6.45, 7) is 6.16. The van der Waals surface area contributed by atoms with Crippen LogP contribution >= 0.6 is 0 Å². The van der Waals surface area contributed by atoms with Gasteiger partial charge in [0.05, 0.1) is 6.20 Å². The fourth-order valence-corrected chi connectivity index (χ4v) is 1.86. The lowest BCUT2D eigenvalue weighted by molar-refractivity contribution is 0.511. The van der Waals surface area contributed by atoms with Crippen molar-refractivity contribution in [1.29, 1.82) is 0 Å². The molecule has 1 aliphatic rings. The van der Waals surface area contributed by atoms with Crippen molar-refractivity contribution >= 4 is 5.95 Å². The van der Waals surface area contributed by atoms with Crippen LogP contribution in [0.25, 0.3) is 0 Å². The van der Waals surface area contributed by atoms with Crippen molar-refractivity contribution in [3.63, 3.8) is 0 Å². The maximum Gasteiger partial charge on any atom is 0.203 e. The predicted octanol–water partition coefficient (Wildman–Crippen LogP) is 0.834. The Kier molecular flexibility index (Phi) is 2.46. The number of anilines is 1. The topological polar surface area (TPSA) is 55.9 Å². The normalized spacial score (nSPS) is 20.7. The van der Waals surface area contributed by atoms with Gasteiger partial charge in [0.1, 0.15) is 0 Å². The number of aromatic nitrogens is 2. The smallest absolute Gasteiger partial charge is 0.203 e. The van der Waals surface area contributed by atoms with Crippen molar-refractivity contribution in [3.8, 4) is 0 Å². The summed E-state index contributed by atoms with van der Waals surface area (Å²) < 4.78 is 2.20. The molecule has 14 heavy (non-hydrogen) atoms. The zero-order valence-electron chi connectivity index (χ0n) is 8.83. The number of hydrogen-bond donors (Lipinski definition) is 2. The Morgan fingerprint density at radius 3 is 3.21 bits per heavy atom. The van der Waals surface area contributed by atoms with E-state index in [2.05, 4.69) is 28.7 Å². The van der Waals surface area contributed by atoms with Crippen molar-refractivity contribution < 1.29 is 0 Å². The first kappa shape index (κ1) is 9.52. The van der Waals surface area contributed by atoms with Gasteiger partial charge < -0.3 is 15.6 Å². The third kappa shape index (κ3) is 1.75. The van der Waals surface area contributed by atoms with E-state index in [1.54, 1.807) is 0 Å². The molecule has 1 aliphatic heterocycles. The Bertz CT molecular complexity index is 316. The van der Waals surface area contributed by atoms with Crippen LogP contribution in [0.2, 0.25) is 0 Å². The van der Waals surface area contributed by atoms with Crippen LogP contribution in [0.1, 0.15) is 19.5 Å². The quantitative estimate of drug-likeness (QED) is 0.733. The maximum atomic E-state index is 5.90. The lowest BCUT2D eigenvalue weighted by Crippen LogP contribution is -2.39. The highest BCUT2D eigenvalue weighted by molar-refractivity contribution is 5.32. The van der Waals surface area contributed by atoms with E-state index < -0.39 is 0 Å². The van der Waals surface area contributed by atoms with Crippen LogP contribution in [0.15, 0.2) is 6.20 Å². The zero-order valence-corrected chi connectivity index (χ0v) is 8.83. The minimum absolute atomic E-state index is 0.211. The molecule has 4 nitrogen and oxygen atoms in total. The molecule has 1 unspecified atom stereocenters. The number of nitrogens with two attached hydrogens (primary N) is 1. The van der Waals surface area contributed by atoms with E-state index in [1.807, 2.05) is 6.20 Å². The van der Waals surface area contributed by atoms with E-state index in [4.69, 9.17) is 5.73 Å². The summed E-state index contributed by atoms with van der Waals surface area (Å²) in [5, 5.41) is 3.23. The molecule has 0 bridgehead atoms. The van der Waals surface area contributed by atoms with Crippen LogP contribution in [-0.4, -0.2) is 22.1 Å². The summed E-state index contributed by atoms with van der Waals surface area (Å²) in [6, 6.07) is 0.211. The van der Waals surface area contributed by atoms with E-state index >= 15 is 0 Å². The van der Waals surface area contributed by atoms with Crippen LogP contribution in [0, 0.1) is 5.92 Å². The number of hydrogen-bond acceptors (Lipinski definition) is 3. The molecule has 0 spiro atoms. The second-order valence-electron chi connectivity index (χ2n) is 4.42. The second kappa shape index (κ2) is 3.61. The summed E-state index contributed by atoms with van der Waals surface area (Å²) in [4.78, 5) is 4.34. The van der Waals surface area contributed by atoms with Gasteiger partial charge in [0.2, 0.25) is 5.95 Å². The van der Waals surface area contributed by atoms with Crippen molar-refractivity contribution in [2.45, 2.75) is 32.9 Å². The fourth-order valence-electron chi connectivity index (χ4n) is 1.86. The van der Waals surface area contributed by atoms with Crippen LogP contribution in [0.3, 0.4) is 0 Å². The molecule has 0 aromatic carbocycles. The van der Waals surface area contributed by atoms with Gasteiger partial charge in [-0.15, -0.1) is 0 Å². The predicted molar refractivity (Wildman–Crippen MR) is 57.2 cm³/mol. The van der Waals surface area contributed by atoms with E-state index in [0.717, 1.165) is 25.5 Å². The number of nitrogens with one attached hydrogen (secondary N) is 1. The molecule has 0 amide bonds. The first-order valence-corrected chi connectivity index (χ1v) is 5.20. The summed E-state index contributed by atoms with van der Waals surface area (Å²) in [5.41, 5.74) is 7.19. The van der Waals surface area contributed by atoms with E-state index in [1.165, 1.54) is 5.69 Å². The first-order valence-electron chi connectivity index (χ1n) is 5.20. The molecule has 0 aliphatic carbocycles. The molecular formula is C10H18N4. The summed E-state index contributed by atoms with van der Waals surface area (Å²) >= 11 is 0. The van der Waals surface area contributed by atoms with Crippen LogP contribution in [0.5, 0.6) is 0 Å². The molecule has 78 valence electrons. The molecule has 0 saturated heterocycles. The Balaban J connectivity index is 2.22. The third-order valence-electron chi connectivity index (χ3n) is 2.50. The van der Waals surface area contributed by atoms with Crippen molar-refractivity contribution in [1.82, 2.24) is 9.55 Å². The van der Waals surface area contributed by atoms with Gasteiger partial charge in [-0.05, 0) is 12.3 Å². The van der Waals surface area contributed by atoms with Gasteiger partial charge in [-0.25, -0.2) is 4.98 Å². The SMILES string of the molecule is CC(C)Cc1cnc2n1CC(N)CN2. The largest absolute Gasteiger partial charge is 0.354 e. The molecule has 0 saturated carbocycles. The third-order valence-corrected chi connectivity index (χ3v) is 2.50. The highest BCUT2D eigenvalue weighted by Gasteiger charge is 2.18. The highest BCUT2D eigenvalue weighted by Crippen LogP contribution is 2.17. The standard InChI is InChI=1S/C10H18N4/c1-7(2)3-9-5-13-10-12-4-8(11)6-14(9)10/h5,7-8H,3-4,6,11H2,1-2H3,(H,12,13). The van der Waals surface area contributed by atoms with Crippen LogP contribution in [-0.2, 0) is 13.0 Å². The Hall–Kier alpha value is -1.03. The molecule has 0 fully saturated rings. The Morgan fingerprint density at radius 2 is 2.50 bits per heavy atom. The highest BCUT2D eigenvalue weighted by atomic mass is 15.2. The summed E-state index contributed by atoms with van der Waals surface area (Å²) in [7, 11) is 0. The molecular weight excluding hydrogens is 176 g/mol. The van der Waals surface area contributed by atoms with Gasteiger partial charge in [-0.2, -0.15) is 0 Å². The van der Waals surface area contributed by atoms with E-state index in [9.17, 15) is 0 Å². The molecule has 0 radical (unpaired) electrons. The molecule has 4 heteroatoms. The van der Waals surface area contributed by atoms with Crippen molar-refractivity contribution in [2.24, 2.45) is 11.7 Å². The number of rotatable bonds is 2. The van der Waals surface area contributed by atoms with Crippen molar-refractivity contribution in [2.75, 3.05) is 11.9 Å². The van der Waals surface area contributed by atoms with Gasteiger partial charge in [-0.3, -0.25) is 0 Å². The van der Waals surface area contributed by atoms with Gasteiger partial charge >= 0.3 is 0 Å². The molecule has 3 N–H and O–H groups in total. The second-order valence-corrected chi connectivity index (χ2v) is 4.42. The van der Waals surface area contributed by atoms with Crippen LogP contribution < -0.4 is 11.1 Å². The molecule has 2 rings (SSSR count). The van der Waals surface area contributed by atoms with Gasteiger partial charge in [0.25, 0.3) is 0 Å². The zero-order chi connectivity index (χ0) is 10.1. The molecule has 1 aromatic rings. The minimum atomic E-state index is 0.211. The minimum Gasteiger partial charge on any atom is -0.354 e. The number of imidazole rings is 1. The first-order chi connectivity index (χ1) is 6.66.